The number of aryl methyl sites for hydroxylation is 1. The Kier molecular flexibility index (Phi) is 3.24. The number of benzene rings is 2. The molecule has 0 spiro atoms. The van der Waals surface area contributed by atoms with Crippen LogP contribution in [0.2, 0.25) is 0 Å². The normalized spacial score (nSPS) is 10.0. The number of rotatable bonds is 2. The SMILES string of the molecule is COC(=O)c1cccc(-c2ccccc2C)c1. The lowest BCUT2D eigenvalue weighted by Gasteiger charge is -2.07. The molecule has 2 aromatic rings. The number of carbonyl (C=O) groups excluding carboxylic acids is 1. The first-order chi connectivity index (χ1) is 8.22. The number of hydrogen-bond acceptors (Lipinski definition) is 2. The number of ether oxygens (including phenoxy) is 1. The maximum atomic E-state index is 11.5. The first kappa shape index (κ1) is 11.4. The van der Waals surface area contributed by atoms with E-state index in [9.17, 15) is 4.79 Å². The predicted molar refractivity (Wildman–Crippen MR) is 68.0 cm³/mol. The molecule has 2 heteroatoms. The molecule has 2 rings (SSSR count). The Bertz CT molecular complexity index is 544. The van der Waals surface area contributed by atoms with Gasteiger partial charge < -0.3 is 4.74 Å². The molecule has 2 aromatic carbocycles. The first-order valence-corrected chi connectivity index (χ1v) is 5.47. The van der Waals surface area contributed by atoms with Crippen LogP contribution in [0, 0.1) is 6.92 Å². The Labute approximate surface area is 101 Å². The lowest BCUT2D eigenvalue weighted by Crippen LogP contribution is -2.00. The van der Waals surface area contributed by atoms with Gasteiger partial charge in [-0.05, 0) is 35.7 Å². The second-order valence-corrected chi connectivity index (χ2v) is 3.89. The Morgan fingerprint density at radius 2 is 1.82 bits per heavy atom. The van der Waals surface area contributed by atoms with Crippen molar-refractivity contribution in [1.29, 1.82) is 0 Å². The third-order valence-corrected chi connectivity index (χ3v) is 2.74. The number of esters is 1. The molecule has 0 aliphatic carbocycles. The van der Waals surface area contributed by atoms with Gasteiger partial charge in [0.15, 0.2) is 0 Å². The van der Waals surface area contributed by atoms with Crippen LogP contribution >= 0.6 is 0 Å². The summed E-state index contributed by atoms with van der Waals surface area (Å²) in [6.45, 7) is 2.06. The van der Waals surface area contributed by atoms with Crippen LogP contribution in [-0.4, -0.2) is 13.1 Å². The van der Waals surface area contributed by atoms with Crippen LogP contribution in [-0.2, 0) is 4.74 Å². The van der Waals surface area contributed by atoms with E-state index in [0.717, 1.165) is 11.1 Å². The fourth-order valence-corrected chi connectivity index (χ4v) is 1.83. The molecule has 0 amide bonds. The molecule has 17 heavy (non-hydrogen) atoms. The Balaban J connectivity index is 2.47. The molecule has 0 aliphatic rings. The van der Waals surface area contributed by atoms with Crippen molar-refractivity contribution in [2.75, 3.05) is 7.11 Å². The summed E-state index contributed by atoms with van der Waals surface area (Å²) in [6, 6.07) is 15.6. The molecule has 0 bridgehead atoms. The number of carbonyl (C=O) groups is 1. The van der Waals surface area contributed by atoms with Crippen molar-refractivity contribution in [3.8, 4) is 11.1 Å². The van der Waals surface area contributed by atoms with Gasteiger partial charge in [0.1, 0.15) is 0 Å². The topological polar surface area (TPSA) is 26.3 Å². The zero-order valence-corrected chi connectivity index (χ0v) is 9.94. The van der Waals surface area contributed by atoms with Gasteiger partial charge in [0.05, 0.1) is 12.7 Å². The van der Waals surface area contributed by atoms with Gasteiger partial charge in [-0.25, -0.2) is 4.79 Å². The van der Waals surface area contributed by atoms with E-state index in [1.165, 1.54) is 12.7 Å². The fourth-order valence-electron chi connectivity index (χ4n) is 1.83. The molecule has 0 atom stereocenters. The average Bonchev–Trinajstić information content (AvgIpc) is 2.38. The van der Waals surface area contributed by atoms with E-state index in [1.54, 1.807) is 6.07 Å². The van der Waals surface area contributed by atoms with Crippen molar-refractivity contribution in [3.63, 3.8) is 0 Å². The van der Waals surface area contributed by atoms with E-state index in [-0.39, 0.29) is 5.97 Å². The number of hydrogen-bond donors (Lipinski definition) is 0. The lowest BCUT2D eigenvalue weighted by atomic mass is 9.99. The molecule has 0 saturated carbocycles. The van der Waals surface area contributed by atoms with Crippen molar-refractivity contribution in [2.24, 2.45) is 0 Å². The minimum absolute atomic E-state index is 0.305. The highest BCUT2D eigenvalue weighted by Gasteiger charge is 2.07. The van der Waals surface area contributed by atoms with E-state index in [2.05, 4.69) is 13.0 Å². The number of methoxy groups -OCH3 is 1. The highest BCUT2D eigenvalue weighted by molar-refractivity contribution is 5.91. The highest BCUT2D eigenvalue weighted by Crippen LogP contribution is 2.23. The van der Waals surface area contributed by atoms with Gasteiger partial charge in [-0.15, -0.1) is 0 Å². The summed E-state index contributed by atoms with van der Waals surface area (Å²) >= 11 is 0. The van der Waals surface area contributed by atoms with Crippen LogP contribution in [0.3, 0.4) is 0 Å². The van der Waals surface area contributed by atoms with E-state index in [0.29, 0.717) is 5.56 Å². The summed E-state index contributed by atoms with van der Waals surface area (Å²) in [5.41, 5.74) is 3.94. The molecule has 0 N–H and O–H groups in total. The molecule has 0 heterocycles. The third kappa shape index (κ3) is 2.36. The van der Waals surface area contributed by atoms with Gasteiger partial charge in [-0.2, -0.15) is 0 Å². The minimum atomic E-state index is -0.305. The van der Waals surface area contributed by atoms with E-state index in [4.69, 9.17) is 4.74 Å². The standard InChI is InChI=1S/C15H14O2/c1-11-6-3-4-9-14(11)12-7-5-8-13(10-12)15(16)17-2/h3-10H,1-2H3. The van der Waals surface area contributed by atoms with Gasteiger partial charge in [0.25, 0.3) is 0 Å². The molecular formula is C15H14O2. The lowest BCUT2D eigenvalue weighted by molar-refractivity contribution is 0.0601. The van der Waals surface area contributed by atoms with E-state index >= 15 is 0 Å². The van der Waals surface area contributed by atoms with Gasteiger partial charge >= 0.3 is 5.97 Å². The summed E-state index contributed by atoms with van der Waals surface area (Å²) in [6.07, 6.45) is 0. The van der Waals surface area contributed by atoms with Crippen molar-refractivity contribution >= 4 is 5.97 Å². The summed E-state index contributed by atoms with van der Waals surface area (Å²) in [7, 11) is 1.39. The molecule has 2 nitrogen and oxygen atoms in total. The first-order valence-electron chi connectivity index (χ1n) is 5.47. The molecule has 0 fully saturated rings. The Morgan fingerprint density at radius 1 is 1.06 bits per heavy atom. The minimum Gasteiger partial charge on any atom is -0.465 e. The molecule has 0 aliphatic heterocycles. The van der Waals surface area contributed by atoms with E-state index in [1.807, 2.05) is 36.4 Å². The molecule has 0 saturated heterocycles. The van der Waals surface area contributed by atoms with Crippen molar-refractivity contribution in [1.82, 2.24) is 0 Å². The molecule has 0 unspecified atom stereocenters. The van der Waals surface area contributed by atoms with Gasteiger partial charge in [0, 0.05) is 0 Å². The quantitative estimate of drug-likeness (QED) is 0.733. The monoisotopic (exact) mass is 226 g/mol. The smallest absolute Gasteiger partial charge is 0.337 e. The molecule has 0 radical (unpaired) electrons. The maximum absolute atomic E-state index is 11.5. The van der Waals surface area contributed by atoms with Crippen molar-refractivity contribution < 1.29 is 9.53 Å². The predicted octanol–water partition coefficient (Wildman–Crippen LogP) is 3.45. The summed E-state index contributed by atoms with van der Waals surface area (Å²) < 4.78 is 4.72. The van der Waals surface area contributed by atoms with Crippen molar-refractivity contribution in [2.45, 2.75) is 6.92 Å². The summed E-state index contributed by atoms with van der Waals surface area (Å²) in [4.78, 5) is 11.5. The zero-order chi connectivity index (χ0) is 12.3. The summed E-state index contributed by atoms with van der Waals surface area (Å²) in [5, 5.41) is 0. The fraction of sp³-hybridized carbons (Fsp3) is 0.133. The van der Waals surface area contributed by atoms with Crippen LogP contribution in [0.4, 0.5) is 0 Å². The Morgan fingerprint density at radius 3 is 2.53 bits per heavy atom. The largest absolute Gasteiger partial charge is 0.465 e. The van der Waals surface area contributed by atoms with Crippen LogP contribution in [0.1, 0.15) is 15.9 Å². The second kappa shape index (κ2) is 4.83. The summed E-state index contributed by atoms with van der Waals surface area (Å²) in [5.74, 6) is -0.305. The van der Waals surface area contributed by atoms with Gasteiger partial charge in [0.2, 0.25) is 0 Å². The zero-order valence-electron chi connectivity index (χ0n) is 9.94. The molecule has 86 valence electrons. The van der Waals surface area contributed by atoms with Crippen LogP contribution < -0.4 is 0 Å². The highest BCUT2D eigenvalue weighted by atomic mass is 16.5. The second-order valence-electron chi connectivity index (χ2n) is 3.89. The Hall–Kier alpha value is -2.09. The third-order valence-electron chi connectivity index (χ3n) is 2.74. The molecule has 0 aromatic heterocycles. The molecular weight excluding hydrogens is 212 g/mol. The van der Waals surface area contributed by atoms with Crippen LogP contribution in [0.5, 0.6) is 0 Å². The maximum Gasteiger partial charge on any atom is 0.337 e. The van der Waals surface area contributed by atoms with E-state index < -0.39 is 0 Å². The van der Waals surface area contributed by atoms with Gasteiger partial charge in [-0.1, -0.05) is 36.4 Å². The van der Waals surface area contributed by atoms with Crippen LogP contribution in [0.25, 0.3) is 11.1 Å². The average molecular weight is 226 g/mol. The van der Waals surface area contributed by atoms with Crippen molar-refractivity contribution in [3.05, 3.63) is 59.7 Å². The van der Waals surface area contributed by atoms with Gasteiger partial charge in [-0.3, -0.25) is 0 Å². The van der Waals surface area contributed by atoms with Crippen LogP contribution in [0.15, 0.2) is 48.5 Å².